The Morgan fingerprint density at radius 1 is 1.29 bits per heavy atom. The van der Waals surface area contributed by atoms with Crippen molar-refractivity contribution in [2.24, 2.45) is 0 Å². The van der Waals surface area contributed by atoms with Crippen LogP contribution in [0.25, 0.3) is 16.7 Å². The van der Waals surface area contributed by atoms with Crippen LogP contribution in [0.4, 0.5) is 5.82 Å². The lowest BCUT2D eigenvalue weighted by Gasteiger charge is -2.07. The minimum Gasteiger partial charge on any atom is -0.395 e. The highest BCUT2D eigenvalue weighted by molar-refractivity contribution is 5.82. The van der Waals surface area contributed by atoms with Gasteiger partial charge in [-0.05, 0) is 12.1 Å². The molecule has 0 unspecified atom stereocenters. The zero-order chi connectivity index (χ0) is 11.7. The lowest BCUT2D eigenvalue weighted by molar-refractivity contribution is 0.311. The van der Waals surface area contributed by atoms with Crippen molar-refractivity contribution in [2.75, 3.05) is 18.5 Å². The van der Waals surface area contributed by atoms with Crippen LogP contribution in [-0.2, 0) is 0 Å². The summed E-state index contributed by atoms with van der Waals surface area (Å²) in [4.78, 5) is 4.47. The van der Waals surface area contributed by atoms with Gasteiger partial charge in [0.25, 0.3) is 0 Å². The highest BCUT2D eigenvalue weighted by Gasteiger charge is 2.08. The van der Waals surface area contributed by atoms with Crippen LogP contribution in [0.5, 0.6) is 0 Å². The molecule has 6 heteroatoms. The summed E-state index contributed by atoms with van der Waals surface area (Å²) in [6.45, 7) is 0.489. The van der Waals surface area contributed by atoms with Gasteiger partial charge in [0.15, 0.2) is 5.82 Å². The van der Waals surface area contributed by atoms with Crippen molar-refractivity contribution in [1.29, 1.82) is 0 Å². The maximum absolute atomic E-state index is 8.83. The van der Waals surface area contributed by atoms with E-state index >= 15 is 0 Å². The van der Waals surface area contributed by atoms with Crippen LogP contribution in [0.2, 0.25) is 0 Å². The number of para-hydroxylation sites is 2. The standard InChI is InChI=1S/C11H11N5O/c17-6-5-12-10-11-15-13-7-16(11)9-4-2-1-3-8(9)14-10/h1-4,7,17H,5-6H2,(H,12,14). The molecule has 2 N–H and O–H groups in total. The van der Waals surface area contributed by atoms with E-state index in [-0.39, 0.29) is 6.61 Å². The van der Waals surface area contributed by atoms with Gasteiger partial charge in [-0.2, -0.15) is 0 Å². The Balaban J connectivity index is 2.28. The maximum Gasteiger partial charge on any atom is 0.203 e. The lowest BCUT2D eigenvalue weighted by atomic mass is 10.3. The van der Waals surface area contributed by atoms with Crippen LogP contribution >= 0.6 is 0 Å². The van der Waals surface area contributed by atoms with E-state index < -0.39 is 0 Å². The molecule has 1 aromatic carbocycles. The summed E-state index contributed by atoms with van der Waals surface area (Å²) in [5.41, 5.74) is 2.49. The van der Waals surface area contributed by atoms with E-state index in [0.29, 0.717) is 18.0 Å². The first-order chi connectivity index (χ1) is 8.40. The number of aliphatic hydroxyl groups excluding tert-OH is 1. The molecular formula is C11H11N5O. The predicted octanol–water partition coefficient (Wildman–Crippen LogP) is 0.682. The van der Waals surface area contributed by atoms with Crippen LogP contribution in [0, 0.1) is 0 Å². The molecule has 6 nitrogen and oxygen atoms in total. The minimum atomic E-state index is 0.0504. The molecule has 0 atom stereocenters. The van der Waals surface area contributed by atoms with Crippen LogP contribution in [0.15, 0.2) is 30.6 Å². The Bertz CT molecular complexity index is 663. The van der Waals surface area contributed by atoms with Gasteiger partial charge in [-0.15, -0.1) is 10.2 Å². The first kappa shape index (κ1) is 9.98. The molecule has 0 aliphatic carbocycles. The summed E-state index contributed by atoms with van der Waals surface area (Å²) in [6.07, 6.45) is 1.66. The number of aromatic nitrogens is 4. The van der Waals surface area contributed by atoms with E-state index in [1.54, 1.807) is 6.33 Å². The normalized spacial score (nSPS) is 11.1. The molecule has 17 heavy (non-hydrogen) atoms. The largest absolute Gasteiger partial charge is 0.395 e. The lowest BCUT2D eigenvalue weighted by Crippen LogP contribution is -2.09. The van der Waals surface area contributed by atoms with E-state index in [4.69, 9.17) is 5.11 Å². The van der Waals surface area contributed by atoms with Crippen molar-refractivity contribution >= 4 is 22.5 Å². The number of nitrogens with one attached hydrogen (secondary N) is 1. The molecule has 0 saturated heterocycles. The SMILES string of the molecule is OCCNc1nc2ccccc2n2cnnc12. The molecule has 0 fully saturated rings. The van der Waals surface area contributed by atoms with E-state index in [2.05, 4.69) is 20.5 Å². The molecule has 0 radical (unpaired) electrons. The van der Waals surface area contributed by atoms with Gasteiger partial charge < -0.3 is 10.4 Å². The monoisotopic (exact) mass is 229 g/mol. The van der Waals surface area contributed by atoms with Crippen molar-refractivity contribution in [1.82, 2.24) is 19.6 Å². The zero-order valence-electron chi connectivity index (χ0n) is 9.04. The molecule has 86 valence electrons. The average Bonchev–Trinajstić information content (AvgIpc) is 2.85. The summed E-state index contributed by atoms with van der Waals surface area (Å²) < 4.78 is 1.88. The molecule has 3 rings (SSSR count). The molecule has 0 spiro atoms. The third-order valence-electron chi connectivity index (χ3n) is 2.54. The number of benzene rings is 1. The molecule has 2 aromatic heterocycles. The summed E-state index contributed by atoms with van der Waals surface area (Å²) in [5, 5.41) is 19.8. The highest BCUT2D eigenvalue weighted by Crippen LogP contribution is 2.19. The Hall–Kier alpha value is -2.21. The minimum absolute atomic E-state index is 0.0504. The number of anilines is 1. The van der Waals surface area contributed by atoms with Crippen molar-refractivity contribution in [3.63, 3.8) is 0 Å². The highest BCUT2D eigenvalue weighted by atomic mass is 16.3. The second kappa shape index (κ2) is 3.99. The maximum atomic E-state index is 8.83. The fourth-order valence-electron chi connectivity index (χ4n) is 1.80. The second-order valence-electron chi connectivity index (χ2n) is 3.62. The number of fused-ring (bicyclic) bond motifs is 3. The molecule has 3 aromatic rings. The fraction of sp³-hybridized carbons (Fsp3) is 0.182. The first-order valence-corrected chi connectivity index (χ1v) is 5.33. The number of hydrogen-bond donors (Lipinski definition) is 2. The molecule has 0 aliphatic rings. The Morgan fingerprint density at radius 2 is 2.18 bits per heavy atom. The van der Waals surface area contributed by atoms with Crippen LogP contribution in [-0.4, -0.2) is 37.8 Å². The van der Waals surface area contributed by atoms with E-state index in [0.717, 1.165) is 11.0 Å². The quantitative estimate of drug-likeness (QED) is 0.690. The topological polar surface area (TPSA) is 75.3 Å². The third kappa shape index (κ3) is 1.58. The van der Waals surface area contributed by atoms with Gasteiger partial charge in [-0.1, -0.05) is 12.1 Å². The van der Waals surface area contributed by atoms with Gasteiger partial charge in [0.1, 0.15) is 6.33 Å². The zero-order valence-corrected chi connectivity index (χ0v) is 9.04. The first-order valence-electron chi connectivity index (χ1n) is 5.33. The molecule has 0 amide bonds. The van der Waals surface area contributed by atoms with Crippen LogP contribution in [0.1, 0.15) is 0 Å². The third-order valence-corrected chi connectivity index (χ3v) is 2.54. The Kier molecular flexibility index (Phi) is 2.34. The van der Waals surface area contributed by atoms with E-state index in [1.807, 2.05) is 28.7 Å². The molecular weight excluding hydrogens is 218 g/mol. The number of hydrogen-bond acceptors (Lipinski definition) is 5. The van der Waals surface area contributed by atoms with Gasteiger partial charge in [-0.3, -0.25) is 4.40 Å². The van der Waals surface area contributed by atoms with Crippen LogP contribution < -0.4 is 5.32 Å². The summed E-state index contributed by atoms with van der Waals surface area (Å²) in [5.74, 6) is 0.634. The number of aliphatic hydroxyl groups is 1. The van der Waals surface area contributed by atoms with Crippen molar-refractivity contribution in [3.8, 4) is 0 Å². The van der Waals surface area contributed by atoms with Gasteiger partial charge >= 0.3 is 0 Å². The molecule has 2 heterocycles. The van der Waals surface area contributed by atoms with Crippen molar-refractivity contribution in [2.45, 2.75) is 0 Å². The summed E-state index contributed by atoms with van der Waals surface area (Å²) in [6, 6.07) is 7.78. The van der Waals surface area contributed by atoms with Gasteiger partial charge in [0, 0.05) is 6.54 Å². The average molecular weight is 229 g/mol. The molecule has 0 aliphatic heterocycles. The smallest absolute Gasteiger partial charge is 0.203 e. The van der Waals surface area contributed by atoms with Crippen LogP contribution in [0.3, 0.4) is 0 Å². The molecule has 0 saturated carbocycles. The number of rotatable bonds is 3. The van der Waals surface area contributed by atoms with Crippen molar-refractivity contribution < 1.29 is 5.11 Å². The molecule has 0 bridgehead atoms. The Labute approximate surface area is 96.9 Å². The van der Waals surface area contributed by atoms with Crippen molar-refractivity contribution in [3.05, 3.63) is 30.6 Å². The van der Waals surface area contributed by atoms with Gasteiger partial charge in [0.05, 0.1) is 17.6 Å². The number of nitrogens with zero attached hydrogens (tertiary/aromatic N) is 4. The van der Waals surface area contributed by atoms with E-state index in [9.17, 15) is 0 Å². The summed E-state index contributed by atoms with van der Waals surface area (Å²) >= 11 is 0. The van der Waals surface area contributed by atoms with Gasteiger partial charge in [-0.25, -0.2) is 4.98 Å². The van der Waals surface area contributed by atoms with E-state index in [1.165, 1.54) is 0 Å². The Morgan fingerprint density at radius 3 is 3.06 bits per heavy atom. The van der Waals surface area contributed by atoms with Gasteiger partial charge in [0.2, 0.25) is 5.65 Å². The predicted molar refractivity (Wildman–Crippen MR) is 63.9 cm³/mol. The second-order valence-corrected chi connectivity index (χ2v) is 3.62. The summed E-state index contributed by atoms with van der Waals surface area (Å²) in [7, 11) is 0. The fourth-order valence-corrected chi connectivity index (χ4v) is 1.80.